The van der Waals surface area contributed by atoms with E-state index < -0.39 is 0 Å². The first-order valence-electron chi connectivity index (χ1n) is 1.71. The first kappa shape index (κ1) is 9.17. The first-order chi connectivity index (χ1) is 1.91. The van der Waals surface area contributed by atoms with Gasteiger partial charge >= 0.3 is 0 Å². The minimum absolute atomic E-state index is 0. The second-order valence-electron chi connectivity index (χ2n) is 0.854. The van der Waals surface area contributed by atoms with Crippen molar-refractivity contribution in [2.45, 2.75) is 19.8 Å². The maximum atomic E-state index is 3.60. The number of unbranched alkanes of at least 4 members (excludes halogenated alkanes) is 1. The normalized spacial score (nSPS) is 6.00. The molecule has 0 aliphatic carbocycles. The van der Waals surface area contributed by atoms with Crippen molar-refractivity contribution in [3.63, 3.8) is 0 Å². The van der Waals surface area contributed by atoms with Gasteiger partial charge in [0.15, 0.2) is 0 Å². The zero-order valence-corrected chi connectivity index (χ0v) is 5.85. The molecule has 0 heterocycles. The van der Waals surface area contributed by atoms with Gasteiger partial charge in [-0.15, -0.1) is 0 Å². The smallest absolute Gasteiger partial charge is 0 e. The van der Waals surface area contributed by atoms with E-state index >= 15 is 0 Å². The molecule has 0 bridgehead atoms. The molecule has 0 unspecified atom stereocenters. The minimum atomic E-state index is 0. The molecule has 0 aromatic rings. The largest absolute Gasteiger partial charge is 0.343 e. The second-order valence-corrected chi connectivity index (χ2v) is 0.854. The predicted octanol–water partition coefficient (Wildman–Crippen LogP) is 1.62. The van der Waals surface area contributed by atoms with Crippen LogP contribution in [0.1, 0.15) is 19.8 Å². The van der Waals surface area contributed by atoms with E-state index in [1.165, 1.54) is 6.42 Å². The van der Waals surface area contributed by atoms with Gasteiger partial charge in [-0.2, -0.15) is 6.42 Å². The molecule has 1 heteroatoms. The third-order valence-electron chi connectivity index (χ3n) is 0.354. The zero-order valence-electron chi connectivity index (χ0n) is 3.45. The zero-order chi connectivity index (χ0) is 3.41. The molecule has 1 radical (unpaired) electrons. The maximum Gasteiger partial charge on any atom is 0 e. The molecule has 0 atom stereocenters. The number of hydrogen-bond donors (Lipinski definition) is 0. The van der Waals surface area contributed by atoms with E-state index in [1.54, 1.807) is 0 Å². The molecule has 0 aliphatic heterocycles. The van der Waals surface area contributed by atoms with E-state index in [0.29, 0.717) is 0 Å². The summed E-state index contributed by atoms with van der Waals surface area (Å²) in [5, 5.41) is 0. The van der Waals surface area contributed by atoms with Gasteiger partial charge < -0.3 is 6.92 Å². The van der Waals surface area contributed by atoms with Gasteiger partial charge in [0, 0.05) is 20.1 Å². The molecule has 0 saturated heterocycles. The average Bonchev–Trinajstić information content (AvgIpc) is 1.37. The molecule has 35 valence electrons. The van der Waals surface area contributed by atoms with Crippen molar-refractivity contribution in [3.05, 3.63) is 6.92 Å². The Morgan fingerprint density at radius 3 is 1.80 bits per heavy atom. The van der Waals surface area contributed by atoms with Gasteiger partial charge in [0.25, 0.3) is 0 Å². The van der Waals surface area contributed by atoms with Gasteiger partial charge in [-0.1, -0.05) is 13.3 Å². The molecule has 0 aliphatic rings. The Morgan fingerprint density at radius 1 is 1.60 bits per heavy atom. The Morgan fingerprint density at radius 2 is 1.80 bits per heavy atom. The molecule has 0 amide bonds. The SMILES string of the molecule is [CH2-]CCC.[Ir]. The van der Waals surface area contributed by atoms with Gasteiger partial charge in [0.1, 0.15) is 0 Å². The van der Waals surface area contributed by atoms with Crippen LogP contribution in [-0.2, 0) is 20.1 Å². The topological polar surface area (TPSA) is 0 Å². The monoisotopic (exact) mass is 250 g/mol. The second kappa shape index (κ2) is 8.82. The Labute approximate surface area is 47.3 Å². The summed E-state index contributed by atoms with van der Waals surface area (Å²) in [6, 6.07) is 0. The fourth-order valence-corrected chi connectivity index (χ4v) is 0. The van der Waals surface area contributed by atoms with Crippen molar-refractivity contribution in [2.75, 3.05) is 0 Å². The molecule has 0 spiro atoms. The Balaban J connectivity index is 0. The van der Waals surface area contributed by atoms with E-state index in [9.17, 15) is 0 Å². The maximum absolute atomic E-state index is 3.60. The van der Waals surface area contributed by atoms with Crippen molar-refractivity contribution < 1.29 is 20.1 Å². The van der Waals surface area contributed by atoms with E-state index in [4.69, 9.17) is 0 Å². The third kappa shape index (κ3) is 12.0. The van der Waals surface area contributed by atoms with Crippen LogP contribution in [0.2, 0.25) is 0 Å². The summed E-state index contributed by atoms with van der Waals surface area (Å²) in [4.78, 5) is 0. The van der Waals surface area contributed by atoms with Crippen molar-refractivity contribution >= 4 is 0 Å². The molecule has 0 N–H and O–H groups in total. The van der Waals surface area contributed by atoms with E-state index in [1.807, 2.05) is 0 Å². The quantitative estimate of drug-likeness (QED) is 0.620. The summed E-state index contributed by atoms with van der Waals surface area (Å²) in [6.07, 6.45) is 2.28. The summed E-state index contributed by atoms with van der Waals surface area (Å²) in [7, 11) is 0. The van der Waals surface area contributed by atoms with Crippen molar-refractivity contribution in [1.82, 2.24) is 0 Å². The van der Waals surface area contributed by atoms with Gasteiger partial charge in [-0.25, -0.2) is 0 Å². The predicted molar refractivity (Wildman–Crippen MR) is 20.3 cm³/mol. The Bertz CT molecular complexity index is 5.61. The van der Waals surface area contributed by atoms with Gasteiger partial charge in [0.05, 0.1) is 0 Å². The summed E-state index contributed by atoms with van der Waals surface area (Å²) in [5.41, 5.74) is 0. The van der Waals surface area contributed by atoms with Crippen molar-refractivity contribution in [3.8, 4) is 0 Å². The number of hydrogen-bond acceptors (Lipinski definition) is 0. The van der Waals surface area contributed by atoms with Gasteiger partial charge in [-0.3, -0.25) is 0 Å². The van der Waals surface area contributed by atoms with Crippen LogP contribution in [0.5, 0.6) is 0 Å². The molecular weight excluding hydrogens is 240 g/mol. The van der Waals surface area contributed by atoms with Crippen LogP contribution in [0, 0.1) is 6.92 Å². The fourth-order valence-electron chi connectivity index (χ4n) is 0. The fraction of sp³-hybridized carbons (Fsp3) is 0.750. The van der Waals surface area contributed by atoms with Crippen molar-refractivity contribution in [2.24, 2.45) is 0 Å². The van der Waals surface area contributed by atoms with Crippen LogP contribution >= 0.6 is 0 Å². The third-order valence-corrected chi connectivity index (χ3v) is 0.354. The van der Waals surface area contributed by atoms with Crippen LogP contribution in [-0.4, -0.2) is 0 Å². The molecule has 0 rings (SSSR count). The van der Waals surface area contributed by atoms with Crippen LogP contribution in [0.4, 0.5) is 0 Å². The minimum Gasteiger partial charge on any atom is -0.343 e. The standard InChI is InChI=1S/C4H9.Ir/c1-3-4-2;/h1,3-4H2,2H3;/q-1;. The van der Waals surface area contributed by atoms with Crippen LogP contribution in [0.25, 0.3) is 0 Å². The molecule has 0 saturated carbocycles. The van der Waals surface area contributed by atoms with E-state index in [2.05, 4.69) is 13.8 Å². The van der Waals surface area contributed by atoms with Crippen LogP contribution in [0.15, 0.2) is 0 Å². The summed E-state index contributed by atoms with van der Waals surface area (Å²) in [5.74, 6) is 0. The Kier molecular flexibility index (Phi) is 16.2. The van der Waals surface area contributed by atoms with Crippen molar-refractivity contribution in [1.29, 1.82) is 0 Å². The van der Waals surface area contributed by atoms with Crippen LogP contribution in [0.3, 0.4) is 0 Å². The molecule has 0 aromatic carbocycles. The average molecular weight is 249 g/mol. The first-order valence-corrected chi connectivity index (χ1v) is 1.71. The van der Waals surface area contributed by atoms with Crippen LogP contribution < -0.4 is 0 Å². The van der Waals surface area contributed by atoms with E-state index in [-0.39, 0.29) is 20.1 Å². The van der Waals surface area contributed by atoms with Gasteiger partial charge in [0.2, 0.25) is 0 Å². The molecule has 0 nitrogen and oxygen atoms in total. The molecule has 0 aromatic heterocycles. The molecule has 5 heavy (non-hydrogen) atoms. The Hall–Kier alpha value is 0.649. The summed E-state index contributed by atoms with van der Waals surface area (Å²) < 4.78 is 0. The van der Waals surface area contributed by atoms with E-state index in [0.717, 1.165) is 6.42 Å². The van der Waals surface area contributed by atoms with Gasteiger partial charge in [-0.05, 0) is 0 Å². The number of rotatable bonds is 1. The molecule has 0 fully saturated rings. The molecular formula is C4H9Ir-. The summed E-state index contributed by atoms with van der Waals surface area (Å²) in [6.45, 7) is 5.72. The summed E-state index contributed by atoms with van der Waals surface area (Å²) >= 11 is 0.